The van der Waals surface area contributed by atoms with Crippen molar-refractivity contribution in [1.29, 1.82) is 0 Å². The fraction of sp³-hybridized carbons (Fsp3) is 0.500. The zero-order valence-corrected chi connectivity index (χ0v) is 11.6. The molecule has 0 spiro atoms. The summed E-state index contributed by atoms with van der Waals surface area (Å²) in [6.07, 6.45) is 0.957. The first kappa shape index (κ1) is 13.4. The Balaban J connectivity index is 2.18. The van der Waals surface area contributed by atoms with Gasteiger partial charge in [-0.3, -0.25) is 4.79 Å². The summed E-state index contributed by atoms with van der Waals surface area (Å²) < 4.78 is 0. The van der Waals surface area contributed by atoms with Gasteiger partial charge in [-0.15, -0.1) is 0 Å². The first-order valence-corrected chi connectivity index (χ1v) is 6.58. The normalized spacial score (nSPS) is 23.4. The Morgan fingerprint density at radius 1 is 1.56 bits per heavy atom. The fourth-order valence-electron chi connectivity index (χ4n) is 2.33. The molecule has 98 valence electrons. The van der Waals surface area contributed by atoms with Crippen LogP contribution in [0.3, 0.4) is 0 Å². The third-order valence-electron chi connectivity index (χ3n) is 3.69. The molecule has 1 amide bonds. The molecule has 0 saturated carbocycles. The van der Waals surface area contributed by atoms with E-state index in [1.165, 1.54) is 0 Å². The summed E-state index contributed by atoms with van der Waals surface area (Å²) in [5.74, 6) is 0.0113. The van der Waals surface area contributed by atoms with Gasteiger partial charge in [0, 0.05) is 13.1 Å². The molecule has 1 heterocycles. The summed E-state index contributed by atoms with van der Waals surface area (Å²) in [7, 11) is 0. The Kier molecular flexibility index (Phi) is 3.64. The molecule has 1 aliphatic heterocycles. The lowest BCUT2D eigenvalue weighted by Crippen LogP contribution is -2.34. The van der Waals surface area contributed by atoms with Gasteiger partial charge in [-0.1, -0.05) is 24.6 Å². The molecule has 1 aromatic carbocycles. The van der Waals surface area contributed by atoms with Crippen molar-refractivity contribution in [2.24, 2.45) is 11.1 Å². The van der Waals surface area contributed by atoms with E-state index in [0.29, 0.717) is 23.7 Å². The summed E-state index contributed by atoms with van der Waals surface area (Å²) in [5, 5.41) is 0.529. The number of halogens is 1. The van der Waals surface area contributed by atoms with E-state index in [-0.39, 0.29) is 11.3 Å². The van der Waals surface area contributed by atoms with Crippen LogP contribution >= 0.6 is 11.6 Å². The molecule has 0 radical (unpaired) electrons. The highest BCUT2D eigenvalue weighted by atomic mass is 35.5. The van der Waals surface area contributed by atoms with Crippen molar-refractivity contribution < 1.29 is 4.79 Å². The van der Waals surface area contributed by atoms with Gasteiger partial charge in [0.15, 0.2) is 0 Å². The number of nitrogens with two attached hydrogens (primary N) is 1. The quantitative estimate of drug-likeness (QED) is 0.894. The van der Waals surface area contributed by atoms with Crippen molar-refractivity contribution in [3.8, 4) is 0 Å². The summed E-state index contributed by atoms with van der Waals surface area (Å²) in [5.41, 5.74) is 7.45. The number of carbonyl (C=O) groups is 1. The van der Waals surface area contributed by atoms with Gasteiger partial charge >= 0.3 is 0 Å². The van der Waals surface area contributed by atoms with E-state index in [1.54, 1.807) is 6.07 Å². The van der Waals surface area contributed by atoms with E-state index >= 15 is 0 Å². The number of rotatable bonds is 2. The number of likely N-dealkylation sites (tertiary alicyclic amines) is 1. The van der Waals surface area contributed by atoms with Crippen LogP contribution in [-0.2, 0) is 0 Å². The number of aryl methyl sites for hydroxylation is 1. The van der Waals surface area contributed by atoms with Gasteiger partial charge in [-0.05, 0) is 43.0 Å². The predicted octanol–water partition coefficient (Wildman–Crippen LogP) is 2.46. The van der Waals surface area contributed by atoms with E-state index in [2.05, 4.69) is 6.92 Å². The van der Waals surface area contributed by atoms with E-state index < -0.39 is 0 Å². The first-order chi connectivity index (χ1) is 8.45. The average molecular weight is 267 g/mol. The molecule has 3 nitrogen and oxygen atoms in total. The zero-order valence-electron chi connectivity index (χ0n) is 10.9. The lowest BCUT2D eigenvalue weighted by atomic mass is 9.90. The molecule has 1 atom stereocenters. The number of benzene rings is 1. The lowest BCUT2D eigenvalue weighted by molar-refractivity contribution is 0.0777. The summed E-state index contributed by atoms with van der Waals surface area (Å²) in [4.78, 5) is 14.2. The second-order valence-corrected chi connectivity index (χ2v) is 5.88. The van der Waals surface area contributed by atoms with E-state index in [9.17, 15) is 4.79 Å². The standard InChI is InChI=1S/C14H19ClN2O/c1-10-3-4-11(12(15)7-10)13(18)17-6-5-14(2,8-16)9-17/h3-4,7H,5-6,8-9,16H2,1-2H3. The van der Waals surface area contributed by atoms with Gasteiger partial charge < -0.3 is 10.6 Å². The van der Waals surface area contributed by atoms with Gasteiger partial charge in [-0.25, -0.2) is 0 Å². The molecule has 1 aromatic rings. The molecule has 0 aromatic heterocycles. The van der Waals surface area contributed by atoms with Gasteiger partial charge in [0.1, 0.15) is 0 Å². The average Bonchev–Trinajstić information content (AvgIpc) is 2.72. The summed E-state index contributed by atoms with van der Waals surface area (Å²) in [6, 6.07) is 5.54. The second kappa shape index (κ2) is 4.90. The molecular weight excluding hydrogens is 248 g/mol. The van der Waals surface area contributed by atoms with Gasteiger partial charge in [0.2, 0.25) is 0 Å². The van der Waals surface area contributed by atoms with Crippen LogP contribution in [0, 0.1) is 12.3 Å². The minimum atomic E-state index is 0.0113. The maximum atomic E-state index is 12.4. The zero-order chi connectivity index (χ0) is 13.3. The van der Waals surface area contributed by atoms with Crippen LogP contribution in [0.15, 0.2) is 18.2 Å². The number of carbonyl (C=O) groups excluding carboxylic acids is 1. The Hall–Kier alpha value is -1.06. The van der Waals surface area contributed by atoms with Crippen LogP contribution < -0.4 is 5.73 Å². The minimum Gasteiger partial charge on any atom is -0.338 e. The minimum absolute atomic E-state index is 0.0113. The molecule has 1 fully saturated rings. The smallest absolute Gasteiger partial charge is 0.255 e. The van der Waals surface area contributed by atoms with Crippen molar-refractivity contribution in [3.05, 3.63) is 34.3 Å². The Labute approximate surface area is 113 Å². The maximum absolute atomic E-state index is 12.4. The highest BCUT2D eigenvalue weighted by Gasteiger charge is 2.35. The number of hydrogen-bond acceptors (Lipinski definition) is 2. The van der Waals surface area contributed by atoms with E-state index in [0.717, 1.165) is 18.5 Å². The third-order valence-corrected chi connectivity index (χ3v) is 4.01. The van der Waals surface area contributed by atoms with Crippen LogP contribution in [-0.4, -0.2) is 30.4 Å². The van der Waals surface area contributed by atoms with Gasteiger partial charge in [-0.2, -0.15) is 0 Å². The van der Waals surface area contributed by atoms with Crippen molar-refractivity contribution >= 4 is 17.5 Å². The molecule has 4 heteroatoms. The molecule has 2 rings (SSSR count). The number of hydrogen-bond donors (Lipinski definition) is 1. The monoisotopic (exact) mass is 266 g/mol. The van der Waals surface area contributed by atoms with E-state index in [1.807, 2.05) is 24.0 Å². The third kappa shape index (κ3) is 2.52. The Morgan fingerprint density at radius 3 is 2.83 bits per heavy atom. The van der Waals surface area contributed by atoms with Crippen LogP contribution in [0.2, 0.25) is 5.02 Å². The first-order valence-electron chi connectivity index (χ1n) is 6.21. The van der Waals surface area contributed by atoms with Crippen LogP contribution in [0.1, 0.15) is 29.3 Å². The highest BCUT2D eigenvalue weighted by molar-refractivity contribution is 6.33. The number of nitrogens with zero attached hydrogens (tertiary/aromatic N) is 1. The molecule has 1 aliphatic rings. The molecule has 0 bridgehead atoms. The maximum Gasteiger partial charge on any atom is 0.255 e. The Bertz CT molecular complexity index is 475. The lowest BCUT2D eigenvalue weighted by Gasteiger charge is -2.22. The molecule has 2 N–H and O–H groups in total. The van der Waals surface area contributed by atoms with Crippen molar-refractivity contribution in [1.82, 2.24) is 4.90 Å². The van der Waals surface area contributed by atoms with Crippen LogP contribution in [0.4, 0.5) is 0 Å². The Morgan fingerprint density at radius 2 is 2.28 bits per heavy atom. The van der Waals surface area contributed by atoms with Crippen molar-refractivity contribution in [3.63, 3.8) is 0 Å². The summed E-state index contributed by atoms with van der Waals surface area (Å²) >= 11 is 6.14. The van der Waals surface area contributed by atoms with Crippen molar-refractivity contribution in [2.75, 3.05) is 19.6 Å². The largest absolute Gasteiger partial charge is 0.338 e. The SMILES string of the molecule is Cc1ccc(C(=O)N2CCC(C)(CN)C2)c(Cl)c1. The fourth-order valence-corrected chi connectivity index (χ4v) is 2.64. The van der Waals surface area contributed by atoms with Crippen LogP contribution in [0.5, 0.6) is 0 Å². The molecule has 18 heavy (non-hydrogen) atoms. The molecule has 1 unspecified atom stereocenters. The molecule has 0 aliphatic carbocycles. The van der Waals surface area contributed by atoms with E-state index in [4.69, 9.17) is 17.3 Å². The highest BCUT2D eigenvalue weighted by Crippen LogP contribution is 2.30. The van der Waals surface area contributed by atoms with Crippen LogP contribution in [0.25, 0.3) is 0 Å². The number of amides is 1. The summed E-state index contributed by atoms with van der Waals surface area (Å²) in [6.45, 7) is 6.17. The second-order valence-electron chi connectivity index (χ2n) is 5.47. The molecule has 1 saturated heterocycles. The predicted molar refractivity (Wildman–Crippen MR) is 73.9 cm³/mol. The topological polar surface area (TPSA) is 46.3 Å². The van der Waals surface area contributed by atoms with Crippen molar-refractivity contribution in [2.45, 2.75) is 20.3 Å². The van der Waals surface area contributed by atoms with Gasteiger partial charge in [0.25, 0.3) is 5.91 Å². The van der Waals surface area contributed by atoms with Gasteiger partial charge in [0.05, 0.1) is 10.6 Å². The molecular formula is C14H19ClN2O.